The zero-order valence-corrected chi connectivity index (χ0v) is 13.9. The molecule has 2 aliphatic rings. The molecule has 4 rings (SSSR count). The van der Waals surface area contributed by atoms with E-state index in [1.807, 2.05) is 10.8 Å². The molecule has 1 amide bonds. The molecule has 0 radical (unpaired) electrons. The Kier molecular flexibility index (Phi) is 3.98. The van der Waals surface area contributed by atoms with Crippen molar-refractivity contribution >= 4 is 5.91 Å². The van der Waals surface area contributed by atoms with Crippen LogP contribution in [0.3, 0.4) is 0 Å². The van der Waals surface area contributed by atoms with Gasteiger partial charge < -0.3 is 19.9 Å². The van der Waals surface area contributed by atoms with Crippen LogP contribution in [-0.2, 0) is 32.5 Å². The van der Waals surface area contributed by atoms with Gasteiger partial charge in [-0.15, -0.1) is 0 Å². The number of hydrogen-bond donors (Lipinski definition) is 2. The first kappa shape index (κ1) is 15.2. The molecule has 2 N–H and O–H groups in total. The van der Waals surface area contributed by atoms with Crippen molar-refractivity contribution in [1.82, 2.24) is 20.2 Å². The van der Waals surface area contributed by atoms with Crippen molar-refractivity contribution in [3.8, 4) is 5.75 Å². The molecule has 0 saturated carbocycles. The first-order chi connectivity index (χ1) is 11.7. The van der Waals surface area contributed by atoms with Crippen molar-refractivity contribution in [3.63, 3.8) is 0 Å². The summed E-state index contributed by atoms with van der Waals surface area (Å²) >= 11 is 0. The van der Waals surface area contributed by atoms with Crippen LogP contribution in [0, 0.1) is 0 Å². The molecule has 6 heteroatoms. The number of fused-ring (bicyclic) bond motifs is 2. The van der Waals surface area contributed by atoms with Gasteiger partial charge >= 0.3 is 0 Å². The standard InChI is InChI=1S/C18H22N4O2/c1-24-16-8-13-4-2-3-12(13)7-14(16)9-20-18(23)15-11-22-6-5-19-10-17(22)21-15/h7-8,11,19H,2-6,9-10H2,1H3,(H,20,23). The lowest BCUT2D eigenvalue weighted by atomic mass is 10.0. The number of carbonyl (C=O) groups excluding carboxylic acids is 1. The van der Waals surface area contributed by atoms with Crippen LogP contribution < -0.4 is 15.4 Å². The first-order valence-electron chi connectivity index (χ1n) is 8.48. The number of aromatic nitrogens is 2. The predicted molar refractivity (Wildman–Crippen MR) is 90.1 cm³/mol. The van der Waals surface area contributed by atoms with E-state index >= 15 is 0 Å². The van der Waals surface area contributed by atoms with Gasteiger partial charge in [-0.05, 0) is 36.5 Å². The SMILES string of the molecule is COc1cc2c(cc1CNC(=O)c1cn3c(n1)CNCC3)CCC2. The van der Waals surface area contributed by atoms with Crippen LogP contribution in [0.5, 0.6) is 5.75 Å². The van der Waals surface area contributed by atoms with E-state index in [4.69, 9.17) is 4.74 Å². The van der Waals surface area contributed by atoms with Gasteiger partial charge in [0.05, 0.1) is 13.7 Å². The number of hydrogen-bond acceptors (Lipinski definition) is 4. The normalized spacial score (nSPS) is 15.7. The van der Waals surface area contributed by atoms with E-state index in [9.17, 15) is 4.79 Å². The lowest BCUT2D eigenvalue weighted by Crippen LogP contribution is -2.27. The summed E-state index contributed by atoms with van der Waals surface area (Å²) in [6.45, 7) is 2.94. The fourth-order valence-electron chi connectivity index (χ4n) is 3.54. The summed E-state index contributed by atoms with van der Waals surface area (Å²) < 4.78 is 7.54. The molecule has 0 atom stereocenters. The van der Waals surface area contributed by atoms with Crippen molar-refractivity contribution in [3.05, 3.63) is 46.5 Å². The summed E-state index contributed by atoms with van der Waals surface area (Å²) in [6.07, 6.45) is 5.27. The highest BCUT2D eigenvalue weighted by molar-refractivity contribution is 5.92. The predicted octanol–water partition coefficient (Wildman–Crippen LogP) is 1.41. The summed E-state index contributed by atoms with van der Waals surface area (Å²) in [4.78, 5) is 16.8. The molecule has 0 saturated heterocycles. The maximum absolute atomic E-state index is 12.4. The average Bonchev–Trinajstić information content (AvgIpc) is 3.24. The van der Waals surface area contributed by atoms with E-state index in [1.54, 1.807) is 7.11 Å². The van der Waals surface area contributed by atoms with Gasteiger partial charge in [-0.25, -0.2) is 4.98 Å². The summed E-state index contributed by atoms with van der Waals surface area (Å²) in [5.74, 6) is 1.63. The van der Waals surface area contributed by atoms with E-state index in [0.29, 0.717) is 18.8 Å². The van der Waals surface area contributed by atoms with Crippen molar-refractivity contribution in [1.29, 1.82) is 0 Å². The average molecular weight is 326 g/mol. The number of nitrogens with one attached hydrogen (secondary N) is 2. The van der Waals surface area contributed by atoms with Crippen LogP contribution in [0.4, 0.5) is 0 Å². The van der Waals surface area contributed by atoms with Gasteiger partial charge in [0.1, 0.15) is 17.3 Å². The smallest absolute Gasteiger partial charge is 0.271 e. The number of aryl methyl sites for hydroxylation is 2. The Hall–Kier alpha value is -2.34. The number of benzene rings is 1. The zero-order chi connectivity index (χ0) is 16.5. The molecule has 1 aliphatic carbocycles. The second kappa shape index (κ2) is 6.28. The molecule has 24 heavy (non-hydrogen) atoms. The minimum absolute atomic E-state index is 0.139. The fraction of sp³-hybridized carbons (Fsp3) is 0.444. The maximum Gasteiger partial charge on any atom is 0.271 e. The quantitative estimate of drug-likeness (QED) is 0.891. The topological polar surface area (TPSA) is 68.2 Å². The van der Waals surface area contributed by atoms with Crippen molar-refractivity contribution in [2.75, 3.05) is 13.7 Å². The van der Waals surface area contributed by atoms with Crippen molar-refractivity contribution in [2.45, 2.75) is 38.9 Å². The Balaban J connectivity index is 1.48. The second-order valence-electron chi connectivity index (χ2n) is 6.38. The minimum Gasteiger partial charge on any atom is -0.496 e. The fourth-order valence-corrected chi connectivity index (χ4v) is 3.54. The Morgan fingerprint density at radius 2 is 2.21 bits per heavy atom. The van der Waals surface area contributed by atoms with Gasteiger partial charge in [0.2, 0.25) is 0 Å². The molecule has 2 heterocycles. The molecule has 0 spiro atoms. The molecular formula is C18H22N4O2. The lowest BCUT2D eigenvalue weighted by molar-refractivity contribution is 0.0946. The Labute approximate surface area is 141 Å². The third-order valence-corrected chi connectivity index (χ3v) is 4.84. The van der Waals surface area contributed by atoms with Gasteiger partial charge in [-0.2, -0.15) is 0 Å². The lowest BCUT2D eigenvalue weighted by Gasteiger charge is -2.13. The largest absolute Gasteiger partial charge is 0.496 e. The minimum atomic E-state index is -0.139. The van der Waals surface area contributed by atoms with Crippen LogP contribution >= 0.6 is 0 Å². The van der Waals surface area contributed by atoms with E-state index < -0.39 is 0 Å². The summed E-state index contributed by atoms with van der Waals surface area (Å²) in [5.41, 5.74) is 4.26. The number of nitrogens with zero attached hydrogens (tertiary/aromatic N) is 2. The zero-order valence-electron chi connectivity index (χ0n) is 13.9. The molecule has 1 aromatic carbocycles. The maximum atomic E-state index is 12.4. The summed E-state index contributed by atoms with van der Waals surface area (Å²) in [5, 5.41) is 6.23. The van der Waals surface area contributed by atoms with Crippen molar-refractivity contribution in [2.24, 2.45) is 0 Å². The molecule has 6 nitrogen and oxygen atoms in total. The Morgan fingerprint density at radius 3 is 3.00 bits per heavy atom. The third kappa shape index (κ3) is 2.78. The van der Waals surface area contributed by atoms with Crippen LogP contribution in [0.25, 0.3) is 0 Å². The number of methoxy groups -OCH3 is 1. The van der Waals surface area contributed by atoms with Crippen LogP contribution in [0.1, 0.15) is 39.4 Å². The molecule has 0 unspecified atom stereocenters. The van der Waals surface area contributed by atoms with E-state index in [-0.39, 0.29) is 5.91 Å². The molecule has 2 aromatic rings. The summed E-state index contributed by atoms with van der Waals surface area (Å²) in [6, 6.07) is 4.29. The van der Waals surface area contributed by atoms with Gasteiger partial charge in [0.25, 0.3) is 5.91 Å². The molecular weight excluding hydrogens is 304 g/mol. The van der Waals surface area contributed by atoms with E-state index in [0.717, 1.165) is 43.1 Å². The van der Waals surface area contributed by atoms with E-state index in [1.165, 1.54) is 17.5 Å². The Bertz CT molecular complexity index is 758. The molecule has 1 aromatic heterocycles. The van der Waals surface area contributed by atoms with Crippen LogP contribution in [-0.4, -0.2) is 29.1 Å². The van der Waals surface area contributed by atoms with Crippen LogP contribution in [0.2, 0.25) is 0 Å². The molecule has 1 aliphatic heterocycles. The highest BCUT2D eigenvalue weighted by atomic mass is 16.5. The van der Waals surface area contributed by atoms with E-state index in [2.05, 4.69) is 27.8 Å². The van der Waals surface area contributed by atoms with Gasteiger partial charge in [0.15, 0.2) is 0 Å². The molecule has 0 bridgehead atoms. The molecule has 126 valence electrons. The van der Waals surface area contributed by atoms with Gasteiger partial charge in [-0.3, -0.25) is 4.79 Å². The summed E-state index contributed by atoms with van der Waals surface area (Å²) in [7, 11) is 1.68. The second-order valence-corrected chi connectivity index (χ2v) is 6.38. The highest BCUT2D eigenvalue weighted by Crippen LogP contribution is 2.29. The number of imidazole rings is 1. The van der Waals surface area contributed by atoms with Crippen molar-refractivity contribution < 1.29 is 9.53 Å². The number of amides is 1. The first-order valence-corrected chi connectivity index (χ1v) is 8.48. The van der Waals surface area contributed by atoms with Gasteiger partial charge in [-0.1, -0.05) is 6.07 Å². The molecule has 0 fully saturated rings. The third-order valence-electron chi connectivity index (χ3n) is 4.84. The van der Waals surface area contributed by atoms with Gasteiger partial charge in [0, 0.05) is 31.4 Å². The number of rotatable bonds is 4. The van der Waals surface area contributed by atoms with Crippen LogP contribution in [0.15, 0.2) is 18.3 Å². The number of ether oxygens (including phenoxy) is 1. The monoisotopic (exact) mass is 326 g/mol. The highest BCUT2D eigenvalue weighted by Gasteiger charge is 2.18. The number of carbonyl (C=O) groups is 1. The Morgan fingerprint density at radius 1 is 1.38 bits per heavy atom.